The minimum atomic E-state index is 0.259. The van der Waals surface area contributed by atoms with Crippen molar-refractivity contribution in [1.82, 2.24) is 15.5 Å². The summed E-state index contributed by atoms with van der Waals surface area (Å²) in [7, 11) is 0. The first-order valence-corrected chi connectivity index (χ1v) is 10.6. The fraction of sp³-hybridized carbons (Fsp3) is 0.950. The van der Waals surface area contributed by atoms with E-state index < -0.39 is 0 Å². The van der Waals surface area contributed by atoms with Crippen molar-refractivity contribution < 1.29 is 4.79 Å². The van der Waals surface area contributed by atoms with Gasteiger partial charge in [0, 0.05) is 31.1 Å². The molecule has 0 aromatic heterocycles. The maximum absolute atomic E-state index is 12.5. The number of rotatable bonds is 6. The SMILES string of the molecule is O=C(NC1CCCCC1)C1CCN(CCNC2CCCCC2)CC1. The average molecular weight is 336 g/mol. The van der Waals surface area contributed by atoms with Crippen LogP contribution in [0.15, 0.2) is 0 Å². The minimum Gasteiger partial charge on any atom is -0.353 e. The quantitative estimate of drug-likeness (QED) is 0.784. The fourth-order valence-electron chi connectivity index (χ4n) is 4.72. The van der Waals surface area contributed by atoms with Gasteiger partial charge in [0.05, 0.1) is 0 Å². The average Bonchev–Trinajstić information content (AvgIpc) is 2.64. The van der Waals surface area contributed by atoms with Crippen LogP contribution < -0.4 is 10.6 Å². The third kappa shape index (κ3) is 5.73. The molecular formula is C20H37N3O. The van der Waals surface area contributed by atoms with Crippen LogP contribution in [0.2, 0.25) is 0 Å². The zero-order chi connectivity index (χ0) is 16.6. The first kappa shape index (κ1) is 18.2. The Bertz CT molecular complexity index is 367. The molecule has 0 aromatic rings. The molecule has 1 amide bonds. The number of carbonyl (C=O) groups is 1. The second-order valence-electron chi connectivity index (χ2n) is 8.25. The number of hydrogen-bond donors (Lipinski definition) is 2. The summed E-state index contributed by atoms with van der Waals surface area (Å²) in [5.74, 6) is 0.594. The number of nitrogens with one attached hydrogen (secondary N) is 2. The summed E-state index contributed by atoms with van der Waals surface area (Å²) in [5, 5.41) is 7.06. The monoisotopic (exact) mass is 335 g/mol. The molecule has 3 fully saturated rings. The fourth-order valence-corrected chi connectivity index (χ4v) is 4.72. The lowest BCUT2D eigenvalue weighted by Gasteiger charge is -2.33. The number of carbonyl (C=O) groups excluding carboxylic acids is 1. The lowest BCUT2D eigenvalue weighted by atomic mass is 9.92. The maximum atomic E-state index is 12.5. The van der Waals surface area contributed by atoms with Gasteiger partial charge in [0.25, 0.3) is 0 Å². The highest BCUT2D eigenvalue weighted by molar-refractivity contribution is 5.79. The van der Waals surface area contributed by atoms with Gasteiger partial charge in [-0.1, -0.05) is 38.5 Å². The van der Waals surface area contributed by atoms with Crippen molar-refractivity contribution in [2.75, 3.05) is 26.2 Å². The Kier molecular flexibility index (Phi) is 7.40. The normalized spacial score (nSPS) is 25.7. The number of amides is 1. The minimum absolute atomic E-state index is 0.259. The first-order valence-electron chi connectivity index (χ1n) is 10.6. The molecule has 4 nitrogen and oxygen atoms in total. The van der Waals surface area contributed by atoms with Crippen LogP contribution in [-0.2, 0) is 4.79 Å². The van der Waals surface area contributed by atoms with Gasteiger partial charge in [0.2, 0.25) is 5.91 Å². The van der Waals surface area contributed by atoms with Crippen LogP contribution in [0.3, 0.4) is 0 Å². The van der Waals surface area contributed by atoms with Gasteiger partial charge in [-0.05, 0) is 51.6 Å². The van der Waals surface area contributed by atoms with Crippen molar-refractivity contribution >= 4 is 5.91 Å². The lowest BCUT2D eigenvalue weighted by Crippen LogP contribution is -2.46. The van der Waals surface area contributed by atoms with Crippen LogP contribution in [-0.4, -0.2) is 49.1 Å². The molecule has 0 unspecified atom stereocenters. The smallest absolute Gasteiger partial charge is 0.223 e. The van der Waals surface area contributed by atoms with E-state index in [0.717, 1.165) is 45.1 Å². The van der Waals surface area contributed by atoms with E-state index in [1.54, 1.807) is 0 Å². The van der Waals surface area contributed by atoms with Gasteiger partial charge in [-0.15, -0.1) is 0 Å². The molecule has 3 rings (SSSR count). The Balaban J connectivity index is 1.28. The maximum Gasteiger partial charge on any atom is 0.223 e. The van der Waals surface area contributed by atoms with E-state index in [1.807, 2.05) is 0 Å². The largest absolute Gasteiger partial charge is 0.353 e. The number of nitrogens with zero attached hydrogens (tertiary/aromatic N) is 1. The Morgan fingerprint density at radius 2 is 1.38 bits per heavy atom. The summed E-state index contributed by atoms with van der Waals surface area (Å²) < 4.78 is 0. The second-order valence-corrected chi connectivity index (χ2v) is 8.25. The highest BCUT2D eigenvalue weighted by Gasteiger charge is 2.26. The van der Waals surface area contributed by atoms with Crippen molar-refractivity contribution in [2.24, 2.45) is 5.92 Å². The van der Waals surface area contributed by atoms with Gasteiger partial charge < -0.3 is 15.5 Å². The Morgan fingerprint density at radius 1 is 0.792 bits per heavy atom. The Morgan fingerprint density at radius 3 is 2.00 bits per heavy atom. The molecule has 3 aliphatic rings. The molecule has 4 heteroatoms. The Labute approximate surface area is 148 Å². The third-order valence-electron chi connectivity index (χ3n) is 6.38. The molecule has 0 bridgehead atoms. The van der Waals surface area contributed by atoms with Crippen LogP contribution >= 0.6 is 0 Å². The summed E-state index contributed by atoms with van der Waals surface area (Å²) in [6.07, 6.45) is 15.4. The molecule has 0 atom stereocenters. The predicted molar refractivity (Wildman–Crippen MR) is 99.1 cm³/mol. The summed E-state index contributed by atoms with van der Waals surface area (Å²) in [6.45, 7) is 4.45. The van der Waals surface area contributed by atoms with Crippen molar-refractivity contribution in [2.45, 2.75) is 89.1 Å². The lowest BCUT2D eigenvalue weighted by molar-refractivity contribution is -0.127. The van der Waals surface area contributed by atoms with E-state index in [1.165, 1.54) is 64.2 Å². The molecule has 1 saturated heterocycles. The van der Waals surface area contributed by atoms with Crippen molar-refractivity contribution in [3.05, 3.63) is 0 Å². The van der Waals surface area contributed by atoms with Crippen LogP contribution in [0.5, 0.6) is 0 Å². The molecule has 2 N–H and O–H groups in total. The molecule has 0 spiro atoms. The molecule has 0 aromatic carbocycles. The summed E-state index contributed by atoms with van der Waals surface area (Å²) in [4.78, 5) is 15.0. The molecule has 24 heavy (non-hydrogen) atoms. The molecule has 138 valence electrons. The van der Waals surface area contributed by atoms with E-state index in [9.17, 15) is 4.79 Å². The van der Waals surface area contributed by atoms with Gasteiger partial charge in [0.15, 0.2) is 0 Å². The van der Waals surface area contributed by atoms with Crippen LogP contribution in [0, 0.1) is 5.92 Å². The molecule has 1 heterocycles. The summed E-state index contributed by atoms with van der Waals surface area (Å²) in [5.41, 5.74) is 0. The van der Waals surface area contributed by atoms with E-state index in [-0.39, 0.29) is 5.92 Å². The standard InChI is InChI=1S/C20H37N3O/c24-20(22-19-9-5-2-6-10-19)17-11-14-23(15-12-17)16-13-21-18-7-3-1-4-8-18/h17-19,21H,1-16H2,(H,22,24). The van der Waals surface area contributed by atoms with Crippen LogP contribution in [0.1, 0.15) is 77.0 Å². The number of piperidine rings is 1. The topological polar surface area (TPSA) is 44.4 Å². The van der Waals surface area contributed by atoms with E-state index >= 15 is 0 Å². The predicted octanol–water partition coefficient (Wildman–Crippen LogP) is 3.07. The number of hydrogen-bond acceptors (Lipinski definition) is 3. The second kappa shape index (κ2) is 9.76. The highest BCUT2D eigenvalue weighted by Crippen LogP contribution is 2.21. The van der Waals surface area contributed by atoms with Crippen molar-refractivity contribution in [1.29, 1.82) is 0 Å². The molecule has 2 aliphatic carbocycles. The van der Waals surface area contributed by atoms with Crippen molar-refractivity contribution in [3.63, 3.8) is 0 Å². The van der Waals surface area contributed by atoms with E-state index in [2.05, 4.69) is 15.5 Å². The van der Waals surface area contributed by atoms with Crippen LogP contribution in [0.25, 0.3) is 0 Å². The molecule has 2 saturated carbocycles. The summed E-state index contributed by atoms with van der Waals surface area (Å²) in [6, 6.07) is 1.22. The molecular weight excluding hydrogens is 298 g/mol. The zero-order valence-corrected chi connectivity index (χ0v) is 15.4. The zero-order valence-electron chi connectivity index (χ0n) is 15.4. The molecule has 0 radical (unpaired) electrons. The van der Waals surface area contributed by atoms with Gasteiger partial charge >= 0.3 is 0 Å². The van der Waals surface area contributed by atoms with Gasteiger partial charge in [-0.25, -0.2) is 0 Å². The van der Waals surface area contributed by atoms with Crippen LogP contribution in [0.4, 0.5) is 0 Å². The van der Waals surface area contributed by atoms with Crippen molar-refractivity contribution in [3.8, 4) is 0 Å². The van der Waals surface area contributed by atoms with Gasteiger partial charge in [0.1, 0.15) is 0 Å². The van der Waals surface area contributed by atoms with E-state index in [4.69, 9.17) is 0 Å². The third-order valence-corrected chi connectivity index (χ3v) is 6.38. The number of likely N-dealkylation sites (tertiary alicyclic amines) is 1. The first-order chi connectivity index (χ1) is 11.8. The van der Waals surface area contributed by atoms with E-state index in [0.29, 0.717) is 11.9 Å². The summed E-state index contributed by atoms with van der Waals surface area (Å²) >= 11 is 0. The van der Waals surface area contributed by atoms with Gasteiger partial charge in [-0.2, -0.15) is 0 Å². The van der Waals surface area contributed by atoms with Gasteiger partial charge in [-0.3, -0.25) is 4.79 Å². The highest BCUT2D eigenvalue weighted by atomic mass is 16.1. The Hall–Kier alpha value is -0.610. The molecule has 1 aliphatic heterocycles.